The van der Waals surface area contributed by atoms with E-state index in [1.165, 1.54) is 12.8 Å². The molecule has 5 aliphatic rings. The van der Waals surface area contributed by atoms with E-state index in [1.54, 1.807) is 44.9 Å². The first-order valence-corrected chi connectivity index (χ1v) is 8.12. The van der Waals surface area contributed by atoms with Crippen molar-refractivity contribution in [3.05, 3.63) is 0 Å². The lowest BCUT2D eigenvalue weighted by atomic mass is 9.37. The van der Waals surface area contributed by atoms with Crippen molar-refractivity contribution in [2.45, 2.75) is 71.6 Å². The molecule has 5 rings (SSSR count). The molecule has 5 fully saturated rings. The van der Waals surface area contributed by atoms with Crippen molar-refractivity contribution in [2.24, 2.45) is 34.5 Å². The average molecular weight is 232 g/mol. The van der Waals surface area contributed by atoms with E-state index >= 15 is 0 Å². The predicted molar refractivity (Wildman–Crippen MR) is 71.7 cm³/mol. The third-order valence-corrected chi connectivity index (χ3v) is 7.65. The Morgan fingerprint density at radius 2 is 1.35 bits per heavy atom. The summed E-state index contributed by atoms with van der Waals surface area (Å²) >= 11 is 0. The molecule has 2 atom stereocenters. The number of rotatable bonds is 1. The Morgan fingerprint density at radius 3 is 1.94 bits per heavy atom. The highest BCUT2D eigenvalue weighted by Crippen LogP contribution is 2.72. The fourth-order valence-corrected chi connectivity index (χ4v) is 6.87. The van der Waals surface area contributed by atoms with E-state index in [9.17, 15) is 0 Å². The van der Waals surface area contributed by atoms with E-state index < -0.39 is 0 Å². The molecule has 0 saturated heterocycles. The molecule has 17 heavy (non-hydrogen) atoms. The van der Waals surface area contributed by atoms with Crippen LogP contribution >= 0.6 is 0 Å². The van der Waals surface area contributed by atoms with Gasteiger partial charge in [0.2, 0.25) is 0 Å². The topological polar surface area (TPSA) is 0 Å². The third-order valence-electron chi connectivity index (χ3n) is 7.65. The number of hydrogen-bond acceptors (Lipinski definition) is 0. The predicted octanol–water partition coefficient (Wildman–Crippen LogP) is 5.03. The van der Waals surface area contributed by atoms with E-state index in [-0.39, 0.29) is 0 Å². The summed E-state index contributed by atoms with van der Waals surface area (Å²) in [5, 5.41) is 0. The molecule has 4 bridgehead atoms. The molecule has 5 aliphatic carbocycles. The molecule has 96 valence electrons. The average Bonchev–Trinajstić information content (AvgIpc) is 2.79. The zero-order valence-electron chi connectivity index (χ0n) is 11.7. The molecule has 5 saturated carbocycles. The SMILES string of the molecule is CC1(C)C2CC3CC(C2)CC1(C1CCCC1)C3. The maximum atomic E-state index is 2.65. The Hall–Kier alpha value is 0. The van der Waals surface area contributed by atoms with Crippen LogP contribution in [-0.2, 0) is 0 Å². The Labute approximate surface area is 107 Å². The van der Waals surface area contributed by atoms with Crippen molar-refractivity contribution in [1.82, 2.24) is 0 Å². The monoisotopic (exact) mass is 232 g/mol. The van der Waals surface area contributed by atoms with Crippen LogP contribution in [0.1, 0.15) is 71.6 Å². The minimum atomic E-state index is 0.662. The molecule has 0 aliphatic heterocycles. The van der Waals surface area contributed by atoms with Crippen molar-refractivity contribution in [3.8, 4) is 0 Å². The normalized spacial score (nSPS) is 52.2. The van der Waals surface area contributed by atoms with Crippen LogP contribution in [0.25, 0.3) is 0 Å². The summed E-state index contributed by atoms with van der Waals surface area (Å²) in [5.74, 6) is 4.43. The molecule has 0 heterocycles. The van der Waals surface area contributed by atoms with Gasteiger partial charge in [0.15, 0.2) is 0 Å². The maximum Gasteiger partial charge on any atom is -0.0210 e. The molecule has 0 aromatic carbocycles. The third kappa shape index (κ3) is 1.25. The highest BCUT2D eigenvalue weighted by Gasteiger charge is 2.63. The van der Waals surface area contributed by atoms with Crippen molar-refractivity contribution in [1.29, 1.82) is 0 Å². The van der Waals surface area contributed by atoms with Crippen LogP contribution in [0.4, 0.5) is 0 Å². The molecule has 0 aromatic heterocycles. The van der Waals surface area contributed by atoms with Gasteiger partial charge in [-0.15, -0.1) is 0 Å². The van der Waals surface area contributed by atoms with Crippen molar-refractivity contribution in [3.63, 3.8) is 0 Å². The summed E-state index contributed by atoms with van der Waals surface area (Å²) < 4.78 is 0. The van der Waals surface area contributed by atoms with Gasteiger partial charge in [-0.3, -0.25) is 0 Å². The van der Waals surface area contributed by atoms with Crippen LogP contribution in [0.15, 0.2) is 0 Å². The summed E-state index contributed by atoms with van der Waals surface area (Å²) in [4.78, 5) is 0. The minimum absolute atomic E-state index is 0.662. The second-order valence-electron chi connectivity index (χ2n) is 8.40. The summed E-state index contributed by atoms with van der Waals surface area (Å²) in [7, 11) is 0. The fraction of sp³-hybridized carbons (Fsp3) is 1.00. The zero-order chi connectivity index (χ0) is 11.7. The zero-order valence-corrected chi connectivity index (χ0v) is 11.7. The van der Waals surface area contributed by atoms with E-state index in [0.29, 0.717) is 5.41 Å². The highest BCUT2D eigenvalue weighted by molar-refractivity contribution is 5.12. The van der Waals surface area contributed by atoms with Gasteiger partial charge in [-0.25, -0.2) is 0 Å². The Kier molecular flexibility index (Phi) is 2.12. The first-order valence-electron chi connectivity index (χ1n) is 8.12. The van der Waals surface area contributed by atoms with Gasteiger partial charge in [0.25, 0.3) is 0 Å². The summed E-state index contributed by atoms with van der Waals surface area (Å²) in [5.41, 5.74) is 1.44. The second kappa shape index (κ2) is 3.31. The molecule has 0 aromatic rings. The first-order chi connectivity index (χ1) is 8.12. The molecule has 0 heteroatoms. The van der Waals surface area contributed by atoms with Gasteiger partial charge < -0.3 is 0 Å². The lowest BCUT2D eigenvalue weighted by molar-refractivity contribution is -0.187. The van der Waals surface area contributed by atoms with Gasteiger partial charge in [-0.1, -0.05) is 26.7 Å². The second-order valence-corrected chi connectivity index (χ2v) is 8.40. The molecule has 0 radical (unpaired) electrons. The molecule has 0 N–H and O–H groups in total. The Morgan fingerprint density at radius 1 is 0.765 bits per heavy atom. The minimum Gasteiger partial charge on any atom is -0.0591 e. The molecule has 2 unspecified atom stereocenters. The highest BCUT2D eigenvalue weighted by atomic mass is 14.7. The van der Waals surface area contributed by atoms with Gasteiger partial charge >= 0.3 is 0 Å². The Balaban J connectivity index is 1.76. The van der Waals surface area contributed by atoms with Crippen LogP contribution in [-0.4, -0.2) is 0 Å². The summed E-state index contributed by atoms with van der Waals surface area (Å²) in [6.45, 7) is 5.29. The van der Waals surface area contributed by atoms with Crippen LogP contribution in [0, 0.1) is 34.5 Å². The molecule has 0 amide bonds. The van der Waals surface area contributed by atoms with Crippen LogP contribution < -0.4 is 0 Å². The lowest BCUT2D eigenvalue weighted by Gasteiger charge is -2.68. The van der Waals surface area contributed by atoms with Gasteiger partial charge in [-0.2, -0.15) is 0 Å². The van der Waals surface area contributed by atoms with Crippen molar-refractivity contribution >= 4 is 0 Å². The summed E-state index contributed by atoms with van der Waals surface area (Å²) in [6.07, 6.45) is 14.2. The first kappa shape index (κ1) is 10.9. The Bertz CT molecular complexity index is 307. The van der Waals surface area contributed by atoms with Gasteiger partial charge in [0.1, 0.15) is 0 Å². The molecular weight excluding hydrogens is 204 g/mol. The van der Waals surface area contributed by atoms with E-state index in [4.69, 9.17) is 0 Å². The van der Waals surface area contributed by atoms with E-state index in [1.807, 2.05) is 0 Å². The van der Waals surface area contributed by atoms with E-state index in [0.717, 1.165) is 29.1 Å². The van der Waals surface area contributed by atoms with Gasteiger partial charge in [-0.05, 0) is 79.4 Å². The van der Waals surface area contributed by atoms with Crippen LogP contribution in [0.2, 0.25) is 0 Å². The standard InChI is InChI=1S/C17H28/c1-16(2)15-8-12-7-13(9-15)11-17(16,10-12)14-5-3-4-6-14/h12-15H,3-11H2,1-2H3. The maximum absolute atomic E-state index is 2.65. The quantitative estimate of drug-likeness (QED) is 0.595. The largest absolute Gasteiger partial charge is 0.0591 e. The summed E-state index contributed by atoms with van der Waals surface area (Å²) in [6, 6.07) is 0. The number of hydrogen-bond donors (Lipinski definition) is 0. The van der Waals surface area contributed by atoms with Gasteiger partial charge in [0, 0.05) is 0 Å². The molecule has 0 nitrogen and oxygen atoms in total. The van der Waals surface area contributed by atoms with Crippen LogP contribution in [0.3, 0.4) is 0 Å². The molecule has 0 spiro atoms. The van der Waals surface area contributed by atoms with Gasteiger partial charge in [0.05, 0.1) is 0 Å². The lowest BCUT2D eigenvalue weighted by Crippen LogP contribution is -2.60. The van der Waals surface area contributed by atoms with Crippen molar-refractivity contribution in [2.75, 3.05) is 0 Å². The fourth-order valence-electron chi connectivity index (χ4n) is 6.87. The van der Waals surface area contributed by atoms with E-state index in [2.05, 4.69) is 13.8 Å². The van der Waals surface area contributed by atoms with Crippen LogP contribution in [0.5, 0.6) is 0 Å². The molecular formula is C17H28. The smallest absolute Gasteiger partial charge is 0.0210 e. The van der Waals surface area contributed by atoms with Crippen molar-refractivity contribution < 1.29 is 0 Å².